The van der Waals surface area contributed by atoms with Gasteiger partial charge in [0.25, 0.3) is 0 Å². The topological polar surface area (TPSA) is 73.0 Å². The van der Waals surface area contributed by atoms with Crippen LogP contribution >= 0.6 is 15.9 Å². The van der Waals surface area contributed by atoms with Crippen molar-refractivity contribution in [3.63, 3.8) is 0 Å². The highest BCUT2D eigenvalue weighted by Crippen LogP contribution is 2.22. The van der Waals surface area contributed by atoms with Crippen LogP contribution in [-0.4, -0.2) is 30.9 Å². The van der Waals surface area contributed by atoms with Crippen molar-refractivity contribution in [3.8, 4) is 0 Å². The van der Waals surface area contributed by atoms with Crippen molar-refractivity contribution in [2.24, 2.45) is 11.7 Å². The molecule has 1 aliphatic rings. The third-order valence-electron chi connectivity index (χ3n) is 3.11. The lowest BCUT2D eigenvalue weighted by atomic mass is 9.96. The van der Waals surface area contributed by atoms with Crippen molar-refractivity contribution in [1.29, 1.82) is 0 Å². The highest BCUT2D eigenvalue weighted by molar-refractivity contribution is 9.10. The van der Waals surface area contributed by atoms with E-state index in [-0.39, 0.29) is 23.5 Å². The summed E-state index contributed by atoms with van der Waals surface area (Å²) in [6.45, 7) is 0. The molecule has 2 heterocycles. The Bertz CT molecular complexity index is 487. The van der Waals surface area contributed by atoms with Gasteiger partial charge in [-0.25, -0.2) is 8.42 Å². The van der Waals surface area contributed by atoms with Gasteiger partial charge in [-0.15, -0.1) is 0 Å². The predicted molar refractivity (Wildman–Crippen MR) is 70.4 cm³/mol. The van der Waals surface area contributed by atoms with Crippen LogP contribution in [-0.2, 0) is 16.3 Å². The molecule has 2 rings (SSSR count). The number of sulfone groups is 1. The van der Waals surface area contributed by atoms with Crippen molar-refractivity contribution in [2.75, 3.05) is 11.5 Å². The van der Waals surface area contributed by atoms with Gasteiger partial charge in [0.2, 0.25) is 0 Å². The molecular weight excluding hydrogens is 304 g/mol. The number of nitrogens with two attached hydrogens (primary N) is 1. The lowest BCUT2D eigenvalue weighted by molar-refractivity contribution is 0.457. The lowest BCUT2D eigenvalue weighted by Crippen LogP contribution is -2.33. The second-order valence-corrected chi connectivity index (χ2v) is 7.64. The maximum atomic E-state index is 11.4. The van der Waals surface area contributed by atoms with Crippen LogP contribution in [0.5, 0.6) is 0 Å². The van der Waals surface area contributed by atoms with Gasteiger partial charge < -0.3 is 5.73 Å². The maximum absolute atomic E-state index is 11.4. The number of hydrogen-bond acceptors (Lipinski definition) is 4. The summed E-state index contributed by atoms with van der Waals surface area (Å²) in [5.74, 6) is 0.578. The van der Waals surface area contributed by atoms with Crippen LogP contribution in [0.4, 0.5) is 0 Å². The van der Waals surface area contributed by atoms with E-state index >= 15 is 0 Å². The molecule has 0 bridgehead atoms. The summed E-state index contributed by atoms with van der Waals surface area (Å²) in [7, 11) is -2.85. The number of rotatable bonds is 3. The molecule has 0 saturated carbocycles. The van der Waals surface area contributed by atoms with Crippen molar-refractivity contribution in [1.82, 2.24) is 4.98 Å². The third kappa shape index (κ3) is 3.50. The first-order valence-corrected chi connectivity index (χ1v) is 8.14. The Morgan fingerprint density at radius 3 is 2.82 bits per heavy atom. The van der Waals surface area contributed by atoms with E-state index in [9.17, 15) is 8.42 Å². The molecule has 2 unspecified atom stereocenters. The van der Waals surface area contributed by atoms with Crippen LogP contribution in [0.3, 0.4) is 0 Å². The van der Waals surface area contributed by atoms with E-state index in [1.165, 1.54) is 0 Å². The van der Waals surface area contributed by atoms with E-state index in [2.05, 4.69) is 20.9 Å². The quantitative estimate of drug-likeness (QED) is 0.907. The van der Waals surface area contributed by atoms with Gasteiger partial charge in [0, 0.05) is 28.8 Å². The van der Waals surface area contributed by atoms with Gasteiger partial charge in [0.15, 0.2) is 9.84 Å². The molecule has 0 amide bonds. The fraction of sp³-hybridized carbons (Fsp3) is 0.545. The largest absolute Gasteiger partial charge is 0.327 e. The standard InChI is InChI=1S/C11H15BrN2O2S/c12-9-1-2-10(14-6-9)5-11(13)8-3-4-17(15,16)7-8/h1-2,6,8,11H,3-5,7,13H2. The fourth-order valence-corrected chi connectivity index (χ4v) is 4.23. The molecule has 94 valence electrons. The number of aromatic nitrogens is 1. The second kappa shape index (κ2) is 5.04. The van der Waals surface area contributed by atoms with E-state index < -0.39 is 9.84 Å². The minimum Gasteiger partial charge on any atom is -0.327 e. The van der Waals surface area contributed by atoms with Crippen LogP contribution in [0.25, 0.3) is 0 Å². The Hall–Kier alpha value is -0.460. The predicted octanol–water partition coefficient (Wildman–Crippen LogP) is 1.15. The van der Waals surface area contributed by atoms with Gasteiger partial charge in [-0.3, -0.25) is 4.98 Å². The monoisotopic (exact) mass is 318 g/mol. The lowest BCUT2D eigenvalue weighted by Gasteiger charge is -2.17. The van der Waals surface area contributed by atoms with Gasteiger partial charge in [0.1, 0.15) is 0 Å². The van der Waals surface area contributed by atoms with E-state index in [0.717, 1.165) is 10.2 Å². The average molecular weight is 319 g/mol. The summed E-state index contributed by atoms with van der Waals surface area (Å²) >= 11 is 3.32. The molecule has 0 aliphatic carbocycles. The van der Waals surface area contributed by atoms with E-state index in [1.54, 1.807) is 6.20 Å². The summed E-state index contributed by atoms with van der Waals surface area (Å²) in [6, 6.07) is 3.70. The van der Waals surface area contributed by atoms with Gasteiger partial charge >= 0.3 is 0 Å². The zero-order chi connectivity index (χ0) is 12.5. The fourth-order valence-electron chi connectivity index (χ4n) is 2.10. The summed E-state index contributed by atoms with van der Waals surface area (Å²) in [5, 5.41) is 0. The van der Waals surface area contributed by atoms with Gasteiger partial charge in [-0.05, 0) is 40.4 Å². The van der Waals surface area contributed by atoms with Crippen LogP contribution < -0.4 is 5.73 Å². The highest BCUT2D eigenvalue weighted by Gasteiger charge is 2.32. The normalized spacial score (nSPS) is 24.7. The SMILES string of the molecule is NC(Cc1ccc(Br)cn1)C1CCS(=O)(=O)C1. The molecule has 2 atom stereocenters. The molecule has 1 aliphatic heterocycles. The molecule has 17 heavy (non-hydrogen) atoms. The number of nitrogens with zero attached hydrogens (tertiary/aromatic N) is 1. The Labute approximate surface area is 110 Å². The molecule has 0 spiro atoms. The molecule has 1 aromatic heterocycles. The zero-order valence-electron chi connectivity index (χ0n) is 9.34. The molecule has 2 N–H and O–H groups in total. The van der Waals surface area contributed by atoms with Crippen molar-refractivity contribution >= 4 is 25.8 Å². The number of pyridine rings is 1. The smallest absolute Gasteiger partial charge is 0.150 e. The van der Waals surface area contributed by atoms with Crippen molar-refractivity contribution in [3.05, 3.63) is 28.5 Å². The van der Waals surface area contributed by atoms with Gasteiger partial charge in [0.05, 0.1) is 11.5 Å². The minimum absolute atomic E-state index is 0.0745. The zero-order valence-corrected chi connectivity index (χ0v) is 11.7. The van der Waals surface area contributed by atoms with Crippen LogP contribution in [0.1, 0.15) is 12.1 Å². The first-order chi connectivity index (χ1) is 7.96. The summed E-state index contributed by atoms with van der Waals surface area (Å²) in [4.78, 5) is 4.25. The van der Waals surface area contributed by atoms with E-state index in [4.69, 9.17) is 5.73 Å². The maximum Gasteiger partial charge on any atom is 0.150 e. The average Bonchev–Trinajstić information content (AvgIpc) is 2.62. The Morgan fingerprint density at radius 1 is 1.53 bits per heavy atom. The van der Waals surface area contributed by atoms with Gasteiger partial charge in [-0.1, -0.05) is 0 Å². The first-order valence-electron chi connectivity index (χ1n) is 5.53. The molecule has 1 saturated heterocycles. The van der Waals surface area contributed by atoms with Crippen LogP contribution in [0, 0.1) is 5.92 Å². The Balaban J connectivity index is 1.98. The first kappa shape index (κ1) is 13.0. The molecule has 4 nitrogen and oxygen atoms in total. The van der Waals surface area contributed by atoms with Crippen LogP contribution in [0.15, 0.2) is 22.8 Å². The highest BCUT2D eigenvalue weighted by atomic mass is 79.9. The van der Waals surface area contributed by atoms with E-state index in [0.29, 0.717) is 12.8 Å². The number of hydrogen-bond donors (Lipinski definition) is 1. The van der Waals surface area contributed by atoms with Gasteiger partial charge in [-0.2, -0.15) is 0 Å². The Morgan fingerprint density at radius 2 is 2.29 bits per heavy atom. The minimum atomic E-state index is -2.85. The van der Waals surface area contributed by atoms with Crippen molar-refractivity contribution in [2.45, 2.75) is 18.9 Å². The number of halogens is 1. The summed E-state index contributed by atoms with van der Waals surface area (Å²) in [6.07, 6.45) is 3.04. The molecular formula is C11H15BrN2O2S. The van der Waals surface area contributed by atoms with Crippen LogP contribution in [0.2, 0.25) is 0 Å². The molecule has 0 radical (unpaired) electrons. The molecule has 1 aromatic rings. The third-order valence-corrected chi connectivity index (χ3v) is 5.37. The molecule has 0 aromatic carbocycles. The summed E-state index contributed by atoms with van der Waals surface area (Å²) < 4.78 is 23.7. The van der Waals surface area contributed by atoms with E-state index in [1.807, 2.05) is 12.1 Å². The van der Waals surface area contributed by atoms with Crippen molar-refractivity contribution < 1.29 is 8.42 Å². The molecule has 1 fully saturated rings. The Kier molecular flexibility index (Phi) is 3.85. The molecule has 6 heteroatoms. The second-order valence-electron chi connectivity index (χ2n) is 4.50. The summed E-state index contributed by atoms with van der Waals surface area (Å²) in [5.41, 5.74) is 6.96.